The van der Waals surface area contributed by atoms with Gasteiger partial charge >= 0.3 is 5.97 Å². The zero-order valence-corrected chi connectivity index (χ0v) is 14.5. The number of rotatable bonds is 7. The molecule has 0 heterocycles. The lowest BCUT2D eigenvalue weighted by Gasteiger charge is -2.16. The minimum Gasteiger partial charge on any atom is -0.497 e. The van der Waals surface area contributed by atoms with Gasteiger partial charge in [0.25, 0.3) is 5.91 Å². The van der Waals surface area contributed by atoms with Crippen molar-refractivity contribution in [3.05, 3.63) is 59.7 Å². The van der Waals surface area contributed by atoms with Crippen LogP contribution in [0.4, 0.5) is 0 Å². The first-order valence-corrected chi connectivity index (χ1v) is 7.90. The number of carbonyl (C=O) groups is 3. The molecule has 0 aliphatic rings. The lowest BCUT2D eigenvalue weighted by atomic mass is 10.0. The molecule has 136 valence electrons. The SMILES string of the molecule is COc1ccc(C[C@@H](NC(=O)c2ccc(OC(C)=O)cc2)C(N)=O)cc1. The first-order chi connectivity index (χ1) is 12.4. The quantitative estimate of drug-likeness (QED) is 0.577. The van der Waals surface area contributed by atoms with Gasteiger partial charge in [-0.25, -0.2) is 0 Å². The molecule has 0 saturated carbocycles. The van der Waals surface area contributed by atoms with E-state index in [2.05, 4.69) is 5.32 Å². The number of ether oxygens (including phenoxy) is 2. The number of hydrogen-bond acceptors (Lipinski definition) is 5. The van der Waals surface area contributed by atoms with Crippen LogP contribution in [0.25, 0.3) is 0 Å². The number of hydrogen-bond donors (Lipinski definition) is 2. The summed E-state index contributed by atoms with van der Waals surface area (Å²) in [6.07, 6.45) is 0.261. The van der Waals surface area contributed by atoms with Gasteiger partial charge in [0, 0.05) is 18.9 Å². The second kappa shape index (κ2) is 8.66. The zero-order chi connectivity index (χ0) is 19.1. The van der Waals surface area contributed by atoms with E-state index < -0.39 is 23.8 Å². The van der Waals surface area contributed by atoms with Gasteiger partial charge in [-0.15, -0.1) is 0 Å². The molecule has 2 aromatic rings. The van der Waals surface area contributed by atoms with Crippen LogP contribution < -0.4 is 20.5 Å². The zero-order valence-electron chi connectivity index (χ0n) is 14.5. The predicted molar refractivity (Wildman–Crippen MR) is 94.9 cm³/mol. The Labute approximate surface area is 151 Å². The van der Waals surface area contributed by atoms with Crippen molar-refractivity contribution in [3.8, 4) is 11.5 Å². The van der Waals surface area contributed by atoms with Crippen molar-refractivity contribution in [2.24, 2.45) is 5.73 Å². The monoisotopic (exact) mass is 356 g/mol. The van der Waals surface area contributed by atoms with Crippen molar-refractivity contribution in [2.75, 3.05) is 7.11 Å². The van der Waals surface area contributed by atoms with Gasteiger partial charge in [0.15, 0.2) is 0 Å². The van der Waals surface area contributed by atoms with Crippen molar-refractivity contribution < 1.29 is 23.9 Å². The Morgan fingerprint density at radius 3 is 2.08 bits per heavy atom. The second-order valence-corrected chi connectivity index (χ2v) is 5.60. The van der Waals surface area contributed by atoms with Gasteiger partial charge in [0.2, 0.25) is 5.91 Å². The van der Waals surface area contributed by atoms with Gasteiger partial charge in [-0.3, -0.25) is 14.4 Å². The van der Waals surface area contributed by atoms with Gasteiger partial charge in [-0.2, -0.15) is 0 Å². The number of methoxy groups -OCH3 is 1. The molecule has 0 aliphatic carbocycles. The molecule has 0 aliphatic heterocycles. The highest BCUT2D eigenvalue weighted by Crippen LogP contribution is 2.14. The molecule has 1 atom stereocenters. The summed E-state index contributed by atoms with van der Waals surface area (Å²) in [5, 5.41) is 2.62. The lowest BCUT2D eigenvalue weighted by Crippen LogP contribution is -2.45. The third kappa shape index (κ3) is 5.34. The van der Waals surface area contributed by atoms with E-state index in [1.54, 1.807) is 31.4 Å². The van der Waals surface area contributed by atoms with Crippen LogP contribution in [0.3, 0.4) is 0 Å². The molecule has 0 bridgehead atoms. The highest BCUT2D eigenvalue weighted by molar-refractivity contribution is 5.97. The molecular weight excluding hydrogens is 336 g/mol. The van der Waals surface area contributed by atoms with E-state index in [9.17, 15) is 14.4 Å². The molecule has 0 fully saturated rings. The van der Waals surface area contributed by atoms with Crippen molar-refractivity contribution in [1.29, 1.82) is 0 Å². The first kappa shape index (κ1) is 19.0. The maximum absolute atomic E-state index is 12.3. The van der Waals surface area contributed by atoms with Gasteiger partial charge in [-0.1, -0.05) is 12.1 Å². The first-order valence-electron chi connectivity index (χ1n) is 7.90. The molecule has 7 nitrogen and oxygen atoms in total. The second-order valence-electron chi connectivity index (χ2n) is 5.60. The number of nitrogens with two attached hydrogens (primary N) is 1. The van der Waals surface area contributed by atoms with Crippen molar-refractivity contribution in [2.45, 2.75) is 19.4 Å². The van der Waals surface area contributed by atoms with E-state index in [-0.39, 0.29) is 6.42 Å². The minimum atomic E-state index is -0.857. The predicted octanol–water partition coefficient (Wildman–Crippen LogP) is 1.45. The number of primary amides is 1. The summed E-state index contributed by atoms with van der Waals surface area (Å²) < 4.78 is 10.00. The largest absolute Gasteiger partial charge is 0.497 e. The van der Waals surface area contributed by atoms with Gasteiger partial charge < -0.3 is 20.5 Å². The highest BCUT2D eigenvalue weighted by atomic mass is 16.5. The fraction of sp³-hybridized carbons (Fsp3) is 0.211. The number of nitrogens with one attached hydrogen (secondary N) is 1. The Morgan fingerprint density at radius 2 is 1.58 bits per heavy atom. The molecule has 7 heteroatoms. The normalized spacial score (nSPS) is 11.3. The Morgan fingerprint density at radius 1 is 1.00 bits per heavy atom. The molecule has 0 saturated heterocycles. The summed E-state index contributed by atoms with van der Waals surface area (Å²) in [6.45, 7) is 1.29. The maximum atomic E-state index is 12.3. The number of benzene rings is 2. The Kier molecular flexibility index (Phi) is 6.32. The molecule has 0 radical (unpaired) electrons. The molecular formula is C19H20N2O5. The Balaban J connectivity index is 2.04. The average Bonchev–Trinajstić information content (AvgIpc) is 2.61. The summed E-state index contributed by atoms with van der Waals surface area (Å²) in [6, 6.07) is 12.3. The molecule has 2 rings (SSSR count). The van der Waals surface area contributed by atoms with Crippen molar-refractivity contribution >= 4 is 17.8 Å². The summed E-state index contributed by atoms with van der Waals surface area (Å²) in [5.41, 5.74) is 6.56. The smallest absolute Gasteiger partial charge is 0.308 e. The number of esters is 1. The Hall–Kier alpha value is -3.35. The van der Waals surface area contributed by atoms with E-state index in [0.717, 1.165) is 5.56 Å². The van der Waals surface area contributed by atoms with Gasteiger partial charge in [0.05, 0.1) is 7.11 Å². The van der Waals surface area contributed by atoms with E-state index in [0.29, 0.717) is 17.1 Å². The molecule has 26 heavy (non-hydrogen) atoms. The van der Waals surface area contributed by atoms with E-state index >= 15 is 0 Å². The van der Waals surface area contributed by atoms with Crippen LogP contribution in [0.2, 0.25) is 0 Å². The minimum absolute atomic E-state index is 0.261. The van der Waals surface area contributed by atoms with Crippen LogP contribution in [0.5, 0.6) is 11.5 Å². The van der Waals surface area contributed by atoms with E-state index in [4.69, 9.17) is 15.2 Å². The van der Waals surface area contributed by atoms with Gasteiger partial charge in [-0.05, 0) is 42.0 Å². The summed E-state index contributed by atoms with van der Waals surface area (Å²) in [4.78, 5) is 34.9. The van der Waals surface area contributed by atoms with Gasteiger partial charge in [0.1, 0.15) is 17.5 Å². The summed E-state index contributed by atoms with van der Waals surface area (Å²) >= 11 is 0. The van der Waals surface area contributed by atoms with Crippen LogP contribution in [-0.2, 0) is 16.0 Å². The van der Waals surface area contributed by atoms with Crippen LogP contribution in [0.15, 0.2) is 48.5 Å². The topological polar surface area (TPSA) is 108 Å². The van der Waals surface area contributed by atoms with Crippen LogP contribution >= 0.6 is 0 Å². The van der Waals surface area contributed by atoms with Crippen LogP contribution in [0.1, 0.15) is 22.8 Å². The fourth-order valence-electron chi connectivity index (χ4n) is 2.30. The van der Waals surface area contributed by atoms with Crippen molar-refractivity contribution in [1.82, 2.24) is 5.32 Å². The van der Waals surface area contributed by atoms with Crippen LogP contribution in [-0.4, -0.2) is 30.9 Å². The summed E-state index contributed by atoms with van der Waals surface area (Å²) in [5.74, 6) is -0.502. The van der Waals surface area contributed by atoms with Crippen LogP contribution in [0, 0.1) is 0 Å². The highest BCUT2D eigenvalue weighted by Gasteiger charge is 2.19. The molecule has 0 spiro atoms. The maximum Gasteiger partial charge on any atom is 0.308 e. The molecule has 3 N–H and O–H groups in total. The molecule has 2 aromatic carbocycles. The third-order valence-corrected chi connectivity index (χ3v) is 3.63. The molecule has 0 unspecified atom stereocenters. The molecule has 0 aromatic heterocycles. The summed E-state index contributed by atoms with van der Waals surface area (Å²) in [7, 11) is 1.56. The lowest BCUT2D eigenvalue weighted by molar-refractivity contribution is -0.131. The number of carbonyl (C=O) groups excluding carboxylic acids is 3. The molecule has 2 amide bonds. The average molecular weight is 356 g/mol. The third-order valence-electron chi connectivity index (χ3n) is 3.63. The van der Waals surface area contributed by atoms with E-state index in [1.165, 1.54) is 31.2 Å². The number of amides is 2. The van der Waals surface area contributed by atoms with E-state index in [1.807, 2.05) is 0 Å². The Bertz CT molecular complexity index is 785. The fourth-order valence-corrected chi connectivity index (χ4v) is 2.30. The standard InChI is InChI=1S/C19H20N2O5/c1-12(22)26-16-9-5-14(6-10-16)19(24)21-17(18(20)23)11-13-3-7-15(25-2)8-4-13/h3-10,17H,11H2,1-2H3,(H2,20,23)(H,21,24)/t17-/m1/s1. The van der Waals surface area contributed by atoms with Crippen molar-refractivity contribution in [3.63, 3.8) is 0 Å².